The molecule has 2 heteroatoms. The number of allylic oxidation sites excluding steroid dienone is 1. The summed E-state index contributed by atoms with van der Waals surface area (Å²) < 4.78 is 11.2. The molecule has 2 nitrogen and oxygen atoms in total. The van der Waals surface area contributed by atoms with E-state index in [-0.39, 0.29) is 0 Å². The summed E-state index contributed by atoms with van der Waals surface area (Å²) in [6.45, 7) is 3.70. The number of para-hydroxylation sites is 1. The summed E-state index contributed by atoms with van der Waals surface area (Å²) in [7, 11) is 0. The van der Waals surface area contributed by atoms with E-state index in [0.29, 0.717) is 5.95 Å². The van der Waals surface area contributed by atoms with Gasteiger partial charge in [0.05, 0.1) is 0 Å². The van der Waals surface area contributed by atoms with Gasteiger partial charge in [0.2, 0.25) is 0 Å². The fourth-order valence-electron chi connectivity index (χ4n) is 1.57. The van der Waals surface area contributed by atoms with Crippen molar-refractivity contribution in [3.8, 4) is 11.7 Å². The van der Waals surface area contributed by atoms with E-state index < -0.39 is 0 Å². The van der Waals surface area contributed by atoms with Crippen molar-refractivity contribution < 1.29 is 9.15 Å². The average Bonchev–Trinajstić information content (AvgIpc) is 2.79. The van der Waals surface area contributed by atoms with Gasteiger partial charge in [0, 0.05) is 12.5 Å². The van der Waals surface area contributed by atoms with E-state index in [0.717, 1.165) is 30.8 Å². The quantitative estimate of drug-likeness (QED) is 0.533. The first-order chi connectivity index (χ1) is 8.38. The van der Waals surface area contributed by atoms with Crippen molar-refractivity contribution in [1.29, 1.82) is 0 Å². The lowest BCUT2D eigenvalue weighted by molar-refractivity contribution is 0.331. The van der Waals surface area contributed by atoms with E-state index in [1.807, 2.05) is 48.5 Å². The number of furan rings is 1. The van der Waals surface area contributed by atoms with E-state index in [9.17, 15) is 0 Å². The average molecular weight is 228 g/mol. The predicted molar refractivity (Wildman–Crippen MR) is 68.4 cm³/mol. The molecule has 0 aliphatic carbocycles. The topological polar surface area (TPSA) is 22.4 Å². The molecule has 2 aromatic rings. The first-order valence-corrected chi connectivity index (χ1v) is 5.81. The Hall–Kier alpha value is -1.96. The number of hydrogen-bond acceptors (Lipinski definition) is 2. The highest BCUT2D eigenvalue weighted by atomic mass is 16.6. The minimum absolute atomic E-state index is 0.546. The molecule has 0 radical (unpaired) electrons. The van der Waals surface area contributed by atoms with Crippen LogP contribution in [0.5, 0.6) is 11.7 Å². The van der Waals surface area contributed by atoms with Crippen molar-refractivity contribution in [2.24, 2.45) is 0 Å². The van der Waals surface area contributed by atoms with E-state index in [1.165, 1.54) is 0 Å². The number of unbranched alkanes of at least 4 members (excludes halogenated alkanes) is 1. The SMILES string of the molecule is C=CCCCc1ccc(Oc2ccccc2)o1. The summed E-state index contributed by atoms with van der Waals surface area (Å²) in [5, 5.41) is 0. The van der Waals surface area contributed by atoms with Gasteiger partial charge in [0.1, 0.15) is 11.5 Å². The molecule has 2 rings (SSSR count). The lowest BCUT2D eigenvalue weighted by Gasteiger charge is -2.00. The monoisotopic (exact) mass is 228 g/mol. The van der Waals surface area contributed by atoms with Gasteiger partial charge < -0.3 is 9.15 Å². The fraction of sp³-hybridized carbons (Fsp3) is 0.200. The van der Waals surface area contributed by atoms with Crippen LogP contribution >= 0.6 is 0 Å². The highest BCUT2D eigenvalue weighted by Gasteiger charge is 2.03. The van der Waals surface area contributed by atoms with Crippen LogP contribution < -0.4 is 4.74 Å². The van der Waals surface area contributed by atoms with E-state index in [4.69, 9.17) is 9.15 Å². The van der Waals surface area contributed by atoms with Crippen molar-refractivity contribution >= 4 is 0 Å². The summed E-state index contributed by atoms with van der Waals surface area (Å²) in [5.74, 6) is 2.29. The van der Waals surface area contributed by atoms with Crippen LogP contribution in [0.1, 0.15) is 18.6 Å². The number of benzene rings is 1. The molecule has 0 bridgehead atoms. The molecule has 0 spiro atoms. The van der Waals surface area contributed by atoms with Crippen LogP contribution in [0.3, 0.4) is 0 Å². The van der Waals surface area contributed by atoms with Crippen LogP contribution in [0, 0.1) is 0 Å². The molecule has 17 heavy (non-hydrogen) atoms. The molecule has 0 N–H and O–H groups in total. The van der Waals surface area contributed by atoms with Gasteiger partial charge in [0.25, 0.3) is 5.95 Å². The highest BCUT2D eigenvalue weighted by molar-refractivity contribution is 5.26. The molecule has 1 heterocycles. The van der Waals surface area contributed by atoms with E-state index in [2.05, 4.69) is 6.58 Å². The zero-order chi connectivity index (χ0) is 11.9. The van der Waals surface area contributed by atoms with Crippen LogP contribution in [0.2, 0.25) is 0 Å². The number of hydrogen-bond donors (Lipinski definition) is 0. The molecule has 1 aromatic carbocycles. The second-order valence-corrected chi connectivity index (χ2v) is 3.82. The van der Waals surface area contributed by atoms with Gasteiger partial charge in [-0.15, -0.1) is 6.58 Å². The molecular weight excluding hydrogens is 212 g/mol. The van der Waals surface area contributed by atoms with Crippen molar-refractivity contribution in [3.63, 3.8) is 0 Å². The molecule has 0 saturated carbocycles. The van der Waals surface area contributed by atoms with E-state index >= 15 is 0 Å². The van der Waals surface area contributed by atoms with Crippen molar-refractivity contribution in [2.75, 3.05) is 0 Å². The van der Waals surface area contributed by atoms with Crippen molar-refractivity contribution in [2.45, 2.75) is 19.3 Å². The van der Waals surface area contributed by atoms with Crippen LogP contribution in [-0.2, 0) is 6.42 Å². The molecule has 0 aliphatic heterocycles. The molecule has 0 amide bonds. The van der Waals surface area contributed by atoms with Crippen LogP contribution in [0.4, 0.5) is 0 Å². The third kappa shape index (κ3) is 3.52. The zero-order valence-corrected chi connectivity index (χ0v) is 9.76. The Morgan fingerprint density at radius 3 is 2.71 bits per heavy atom. The molecule has 0 atom stereocenters. The Bertz CT molecular complexity index is 457. The van der Waals surface area contributed by atoms with Gasteiger partial charge in [-0.3, -0.25) is 0 Å². The largest absolute Gasteiger partial charge is 0.431 e. The third-order valence-electron chi connectivity index (χ3n) is 2.43. The second-order valence-electron chi connectivity index (χ2n) is 3.82. The second kappa shape index (κ2) is 5.94. The fourth-order valence-corrected chi connectivity index (χ4v) is 1.57. The van der Waals surface area contributed by atoms with Crippen LogP contribution in [0.15, 0.2) is 59.5 Å². The van der Waals surface area contributed by atoms with E-state index in [1.54, 1.807) is 0 Å². The van der Waals surface area contributed by atoms with Gasteiger partial charge in [-0.05, 0) is 31.0 Å². The smallest absolute Gasteiger partial charge is 0.290 e. The molecule has 0 aliphatic rings. The van der Waals surface area contributed by atoms with Crippen molar-refractivity contribution in [3.05, 3.63) is 60.9 Å². The van der Waals surface area contributed by atoms with Gasteiger partial charge >= 0.3 is 0 Å². The molecular formula is C15H16O2. The Morgan fingerprint density at radius 1 is 1.12 bits per heavy atom. The molecule has 0 unspecified atom stereocenters. The zero-order valence-electron chi connectivity index (χ0n) is 9.76. The Kier molecular flexibility index (Phi) is 4.03. The Morgan fingerprint density at radius 2 is 1.94 bits per heavy atom. The summed E-state index contributed by atoms with van der Waals surface area (Å²) in [4.78, 5) is 0. The summed E-state index contributed by atoms with van der Waals surface area (Å²) in [6, 6.07) is 13.4. The van der Waals surface area contributed by atoms with Gasteiger partial charge in [-0.25, -0.2) is 0 Å². The first-order valence-electron chi connectivity index (χ1n) is 5.81. The summed E-state index contributed by atoms with van der Waals surface area (Å²) in [6.07, 6.45) is 4.91. The standard InChI is InChI=1S/C15H16O2/c1-2-3-5-8-14-11-12-15(17-14)16-13-9-6-4-7-10-13/h2,4,6-7,9-12H,1,3,5,8H2. The Labute approximate surface area is 102 Å². The number of rotatable bonds is 6. The van der Waals surface area contributed by atoms with Crippen LogP contribution in [-0.4, -0.2) is 0 Å². The van der Waals surface area contributed by atoms with Crippen LogP contribution in [0.25, 0.3) is 0 Å². The minimum atomic E-state index is 0.546. The maximum atomic E-state index is 5.58. The Balaban J connectivity index is 1.92. The summed E-state index contributed by atoms with van der Waals surface area (Å²) in [5.41, 5.74) is 0. The molecule has 0 fully saturated rings. The molecule has 88 valence electrons. The molecule has 0 saturated heterocycles. The van der Waals surface area contributed by atoms with Gasteiger partial charge in [0.15, 0.2) is 0 Å². The number of aryl methyl sites for hydroxylation is 1. The highest BCUT2D eigenvalue weighted by Crippen LogP contribution is 2.24. The van der Waals surface area contributed by atoms with Gasteiger partial charge in [-0.2, -0.15) is 0 Å². The number of ether oxygens (including phenoxy) is 1. The maximum absolute atomic E-state index is 5.58. The third-order valence-corrected chi connectivity index (χ3v) is 2.43. The summed E-state index contributed by atoms with van der Waals surface area (Å²) >= 11 is 0. The maximum Gasteiger partial charge on any atom is 0.290 e. The minimum Gasteiger partial charge on any atom is -0.431 e. The predicted octanol–water partition coefficient (Wildman–Crippen LogP) is 4.58. The van der Waals surface area contributed by atoms with Crippen molar-refractivity contribution in [1.82, 2.24) is 0 Å². The first kappa shape index (κ1) is 11.5. The lowest BCUT2D eigenvalue weighted by Crippen LogP contribution is -1.81. The molecule has 1 aromatic heterocycles. The lowest BCUT2D eigenvalue weighted by atomic mass is 10.2. The normalized spacial score (nSPS) is 10.1. The van der Waals surface area contributed by atoms with Gasteiger partial charge in [-0.1, -0.05) is 24.3 Å².